The first-order valence-electron chi connectivity index (χ1n) is 7.87. The molecular formula is C17H21FN2O4. The van der Waals surface area contributed by atoms with Crippen molar-refractivity contribution < 1.29 is 23.5 Å². The maximum absolute atomic E-state index is 13.3. The molecule has 1 fully saturated rings. The Bertz CT molecular complexity index is 620. The van der Waals surface area contributed by atoms with E-state index in [-0.39, 0.29) is 55.6 Å². The van der Waals surface area contributed by atoms with E-state index < -0.39 is 0 Å². The van der Waals surface area contributed by atoms with E-state index >= 15 is 0 Å². The average Bonchev–Trinajstić information content (AvgIpc) is 2.88. The highest BCUT2D eigenvalue weighted by Gasteiger charge is 2.32. The topological polar surface area (TPSA) is 75.7 Å². The van der Waals surface area contributed by atoms with Gasteiger partial charge in [-0.1, -0.05) is 12.1 Å². The number of nitrogens with one attached hydrogen (secondary N) is 1. The van der Waals surface area contributed by atoms with Gasteiger partial charge < -0.3 is 15.0 Å². The van der Waals surface area contributed by atoms with Crippen molar-refractivity contribution in [1.29, 1.82) is 0 Å². The zero-order valence-electron chi connectivity index (χ0n) is 13.6. The molecule has 130 valence electrons. The van der Waals surface area contributed by atoms with E-state index in [4.69, 9.17) is 0 Å². The summed E-state index contributed by atoms with van der Waals surface area (Å²) in [5.74, 6) is -0.996. The predicted molar refractivity (Wildman–Crippen MR) is 84.2 cm³/mol. The standard InChI is InChI=1S/C17H21FN2O4/c1-24-17(23)7-8-19-15(21)10-14-5-6-16(22)20(14)11-12-3-2-4-13(18)9-12/h2-4,9,14H,5-8,10-11H2,1H3,(H,19,21). The first kappa shape index (κ1) is 17.9. The zero-order chi connectivity index (χ0) is 17.5. The molecule has 24 heavy (non-hydrogen) atoms. The molecule has 0 aliphatic carbocycles. The van der Waals surface area contributed by atoms with Gasteiger partial charge in [0.05, 0.1) is 13.5 Å². The number of amides is 2. The lowest BCUT2D eigenvalue weighted by Crippen LogP contribution is -2.37. The van der Waals surface area contributed by atoms with Crippen LogP contribution in [0, 0.1) is 5.82 Å². The Kier molecular flexibility index (Phi) is 6.28. The second-order valence-electron chi connectivity index (χ2n) is 5.72. The molecule has 1 atom stereocenters. The van der Waals surface area contributed by atoms with Gasteiger partial charge in [-0.15, -0.1) is 0 Å². The molecule has 1 aromatic carbocycles. The predicted octanol–water partition coefficient (Wildman–Crippen LogP) is 1.39. The van der Waals surface area contributed by atoms with Crippen LogP contribution < -0.4 is 5.32 Å². The fourth-order valence-corrected chi connectivity index (χ4v) is 2.75. The van der Waals surface area contributed by atoms with E-state index in [1.807, 2.05) is 0 Å². The number of hydrogen-bond acceptors (Lipinski definition) is 4. The molecule has 2 rings (SSSR count). The largest absolute Gasteiger partial charge is 0.469 e. The van der Waals surface area contributed by atoms with Crippen molar-refractivity contribution in [1.82, 2.24) is 10.2 Å². The maximum Gasteiger partial charge on any atom is 0.307 e. The number of rotatable bonds is 7. The van der Waals surface area contributed by atoms with E-state index in [1.165, 1.54) is 19.2 Å². The van der Waals surface area contributed by atoms with Gasteiger partial charge in [0.2, 0.25) is 11.8 Å². The minimum absolute atomic E-state index is 0.0355. The van der Waals surface area contributed by atoms with Crippen LogP contribution in [0.4, 0.5) is 4.39 Å². The van der Waals surface area contributed by atoms with Gasteiger partial charge in [0, 0.05) is 32.0 Å². The van der Waals surface area contributed by atoms with Crippen molar-refractivity contribution in [3.63, 3.8) is 0 Å². The summed E-state index contributed by atoms with van der Waals surface area (Å²) >= 11 is 0. The number of ether oxygens (including phenoxy) is 1. The molecule has 1 aliphatic rings. The first-order chi connectivity index (χ1) is 11.5. The molecule has 1 heterocycles. The highest BCUT2D eigenvalue weighted by atomic mass is 19.1. The number of carbonyl (C=O) groups excluding carboxylic acids is 3. The molecule has 1 N–H and O–H groups in total. The second-order valence-corrected chi connectivity index (χ2v) is 5.72. The number of esters is 1. The van der Waals surface area contributed by atoms with Crippen LogP contribution in [0.1, 0.15) is 31.2 Å². The third-order valence-electron chi connectivity index (χ3n) is 3.99. The minimum Gasteiger partial charge on any atom is -0.469 e. The lowest BCUT2D eigenvalue weighted by atomic mass is 10.1. The van der Waals surface area contributed by atoms with Crippen molar-refractivity contribution >= 4 is 17.8 Å². The van der Waals surface area contributed by atoms with Gasteiger partial charge in [0.15, 0.2) is 0 Å². The molecule has 1 aliphatic heterocycles. The van der Waals surface area contributed by atoms with Crippen LogP contribution in [0.2, 0.25) is 0 Å². The van der Waals surface area contributed by atoms with Crippen LogP contribution in [0.3, 0.4) is 0 Å². The van der Waals surface area contributed by atoms with Crippen LogP contribution in [0.15, 0.2) is 24.3 Å². The highest BCUT2D eigenvalue weighted by Crippen LogP contribution is 2.24. The molecule has 2 amide bonds. The number of carbonyl (C=O) groups is 3. The van der Waals surface area contributed by atoms with Gasteiger partial charge in [0.1, 0.15) is 5.82 Å². The summed E-state index contributed by atoms with van der Waals surface area (Å²) in [6, 6.07) is 5.88. The number of likely N-dealkylation sites (tertiary alicyclic amines) is 1. The van der Waals surface area contributed by atoms with Crippen molar-refractivity contribution in [3.8, 4) is 0 Å². The summed E-state index contributed by atoms with van der Waals surface area (Å²) in [5.41, 5.74) is 0.696. The van der Waals surface area contributed by atoms with Gasteiger partial charge in [-0.25, -0.2) is 4.39 Å². The van der Waals surface area contributed by atoms with Crippen LogP contribution in [-0.2, 0) is 25.7 Å². The molecule has 1 aromatic rings. The maximum atomic E-state index is 13.3. The fraction of sp³-hybridized carbons (Fsp3) is 0.471. The Hall–Kier alpha value is -2.44. The third kappa shape index (κ3) is 5.04. The molecule has 1 saturated heterocycles. The molecule has 0 radical (unpaired) electrons. The number of halogens is 1. The lowest BCUT2D eigenvalue weighted by Gasteiger charge is -2.24. The Morgan fingerprint density at radius 2 is 2.21 bits per heavy atom. The van der Waals surface area contributed by atoms with Crippen LogP contribution in [0.25, 0.3) is 0 Å². The smallest absolute Gasteiger partial charge is 0.307 e. The van der Waals surface area contributed by atoms with E-state index in [0.29, 0.717) is 18.4 Å². The fourth-order valence-electron chi connectivity index (χ4n) is 2.75. The molecule has 0 bridgehead atoms. The summed E-state index contributed by atoms with van der Waals surface area (Å²) in [4.78, 5) is 36.6. The minimum atomic E-state index is -0.390. The number of nitrogens with zero attached hydrogens (tertiary/aromatic N) is 1. The molecule has 0 aromatic heterocycles. The molecule has 7 heteroatoms. The third-order valence-corrected chi connectivity index (χ3v) is 3.99. The van der Waals surface area contributed by atoms with Gasteiger partial charge in [-0.2, -0.15) is 0 Å². The van der Waals surface area contributed by atoms with Crippen molar-refractivity contribution in [2.24, 2.45) is 0 Å². The lowest BCUT2D eigenvalue weighted by molar-refractivity contribution is -0.140. The van der Waals surface area contributed by atoms with E-state index in [2.05, 4.69) is 10.1 Å². The summed E-state index contributed by atoms with van der Waals surface area (Å²) in [6.45, 7) is 0.493. The second kappa shape index (κ2) is 8.42. The average molecular weight is 336 g/mol. The molecule has 6 nitrogen and oxygen atoms in total. The van der Waals surface area contributed by atoms with E-state index in [1.54, 1.807) is 17.0 Å². The van der Waals surface area contributed by atoms with Crippen LogP contribution in [0.5, 0.6) is 0 Å². The number of benzene rings is 1. The quantitative estimate of drug-likeness (QED) is 0.764. The molecule has 1 unspecified atom stereocenters. The van der Waals surface area contributed by atoms with Crippen LogP contribution >= 0.6 is 0 Å². The summed E-state index contributed by atoms with van der Waals surface area (Å²) in [5, 5.41) is 2.65. The Labute approximate surface area is 140 Å². The van der Waals surface area contributed by atoms with Gasteiger partial charge in [-0.05, 0) is 24.1 Å². The zero-order valence-corrected chi connectivity index (χ0v) is 13.6. The Morgan fingerprint density at radius 1 is 1.42 bits per heavy atom. The van der Waals surface area contributed by atoms with E-state index in [9.17, 15) is 18.8 Å². The van der Waals surface area contributed by atoms with Crippen molar-refractivity contribution in [3.05, 3.63) is 35.6 Å². The molecule has 0 spiro atoms. The SMILES string of the molecule is COC(=O)CCNC(=O)CC1CCC(=O)N1Cc1cccc(F)c1. The Balaban J connectivity index is 1.88. The highest BCUT2D eigenvalue weighted by molar-refractivity contribution is 5.82. The van der Waals surface area contributed by atoms with Gasteiger partial charge >= 0.3 is 5.97 Å². The summed E-state index contributed by atoms with van der Waals surface area (Å²) < 4.78 is 17.8. The Morgan fingerprint density at radius 3 is 2.92 bits per heavy atom. The first-order valence-corrected chi connectivity index (χ1v) is 7.87. The van der Waals surface area contributed by atoms with Gasteiger partial charge in [0.25, 0.3) is 0 Å². The summed E-state index contributed by atoms with van der Waals surface area (Å²) in [6.07, 6.45) is 1.26. The van der Waals surface area contributed by atoms with Crippen molar-refractivity contribution in [2.75, 3.05) is 13.7 Å². The molecular weight excluding hydrogens is 315 g/mol. The van der Waals surface area contributed by atoms with Gasteiger partial charge in [-0.3, -0.25) is 14.4 Å². The van der Waals surface area contributed by atoms with E-state index in [0.717, 1.165) is 0 Å². The van der Waals surface area contributed by atoms with Crippen molar-refractivity contribution in [2.45, 2.75) is 38.3 Å². The summed E-state index contributed by atoms with van der Waals surface area (Å²) in [7, 11) is 1.29. The monoisotopic (exact) mass is 336 g/mol. The number of hydrogen-bond donors (Lipinski definition) is 1. The van der Waals surface area contributed by atoms with Crippen LogP contribution in [-0.4, -0.2) is 42.4 Å². The number of methoxy groups -OCH3 is 1. The molecule has 0 saturated carbocycles. The normalized spacial score (nSPS) is 17.0.